The Kier molecular flexibility index (Phi) is 5.15. The molecule has 2 aromatic heterocycles. The maximum atomic E-state index is 12.7. The molecule has 9 nitrogen and oxygen atoms in total. The lowest BCUT2D eigenvalue weighted by Gasteiger charge is -2.12. The van der Waals surface area contributed by atoms with E-state index >= 15 is 0 Å². The molecule has 0 saturated heterocycles. The molecule has 0 bridgehead atoms. The predicted octanol–water partition coefficient (Wildman–Crippen LogP) is 3.05. The zero-order valence-electron chi connectivity index (χ0n) is 16.7. The lowest BCUT2D eigenvalue weighted by molar-refractivity contribution is 0.0935. The maximum absolute atomic E-state index is 12.7. The van der Waals surface area contributed by atoms with Crippen molar-refractivity contribution in [3.8, 4) is 0 Å². The summed E-state index contributed by atoms with van der Waals surface area (Å²) in [4.78, 5) is 28.9. The van der Waals surface area contributed by atoms with Crippen molar-refractivity contribution in [2.45, 2.75) is 24.8 Å². The average molecular weight is 440 g/mol. The average Bonchev–Trinajstić information content (AvgIpc) is 3.32. The molecule has 31 heavy (non-hydrogen) atoms. The van der Waals surface area contributed by atoms with Crippen LogP contribution in [0.15, 0.2) is 68.7 Å². The number of anilines is 1. The van der Waals surface area contributed by atoms with E-state index in [1.165, 1.54) is 42.5 Å². The minimum Gasteiger partial charge on any atom is -0.464 e. The summed E-state index contributed by atoms with van der Waals surface area (Å²) in [5, 5.41) is 2.84. The number of imidazole rings is 1. The molecule has 4 rings (SSSR count). The predicted molar refractivity (Wildman–Crippen MR) is 115 cm³/mol. The van der Waals surface area contributed by atoms with Crippen molar-refractivity contribution in [2.75, 3.05) is 4.72 Å². The minimum atomic E-state index is -3.88. The lowest BCUT2D eigenvalue weighted by Crippen LogP contribution is -2.26. The Morgan fingerprint density at radius 1 is 1.00 bits per heavy atom. The Morgan fingerprint density at radius 2 is 1.71 bits per heavy atom. The van der Waals surface area contributed by atoms with Crippen molar-refractivity contribution in [1.29, 1.82) is 0 Å². The molecule has 4 N–H and O–H groups in total. The highest BCUT2D eigenvalue weighted by Gasteiger charge is 2.17. The Balaban J connectivity index is 1.46. The second-order valence-corrected chi connectivity index (χ2v) is 8.80. The first kappa shape index (κ1) is 20.5. The molecule has 0 aliphatic carbocycles. The summed E-state index contributed by atoms with van der Waals surface area (Å²) in [6.45, 7) is 3.64. The fourth-order valence-electron chi connectivity index (χ4n) is 3.12. The van der Waals surface area contributed by atoms with Crippen LogP contribution in [0.5, 0.6) is 0 Å². The van der Waals surface area contributed by atoms with Crippen molar-refractivity contribution < 1.29 is 17.6 Å². The van der Waals surface area contributed by atoms with E-state index in [4.69, 9.17) is 4.42 Å². The van der Waals surface area contributed by atoms with E-state index in [2.05, 4.69) is 20.0 Å². The number of fused-ring (bicyclic) bond motifs is 1. The van der Waals surface area contributed by atoms with E-state index in [0.717, 1.165) is 5.76 Å². The maximum Gasteiger partial charge on any atom is 0.323 e. The van der Waals surface area contributed by atoms with E-state index in [0.29, 0.717) is 28.0 Å². The fourth-order valence-corrected chi connectivity index (χ4v) is 4.20. The number of hydrogen-bond acceptors (Lipinski definition) is 5. The number of nitrogens with one attached hydrogen (secondary N) is 4. The molecule has 4 aromatic rings. The third kappa shape index (κ3) is 4.38. The van der Waals surface area contributed by atoms with Gasteiger partial charge in [0.25, 0.3) is 15.9 Å². The zero-order chi connectivity index (χ0) is 22.2. The van der Waals surface area contributed by atoms with Gasteiger partial charge in [-0.05, 0) is 68.4 Å². The number of furan rings is 1. The second-order valence-electron chi connectivity index (χ2n) is 7.11. The summed E-state index contributed by atoms with van der Waals surface area (Å²) in [7, 11) is -3.88. The van der Waals surface area contributed by atoms with Crippen molar-refractivity contribution in [3.63, 3.8) is 0 Å². The molecule has 1 unspecified atom stereocenters. The van der Waals surface area contributed by atoms with Gasteiger partial charge in [0.1, 0.15) is 11.5 Å². The van der Waals surface area contributed by atoms with Crippen LogP contribution in [0.1, 0.15) is 34.8 Å². The van der Waals surface area contributed by atoms with Crippen molar-refractivity contribution >= 4 is 32.7 Å². The number of H-pyrrole nitrogens is 2. The largest absolute Gasteiger partial charge is 0.464 e. The van der Waals surface area contributed by atoms with Crippen LogP contribution in [0.2, 0.25) is 0 Å². The van der Waals surface area contributed by atoms with Gasteiger partial charge in [-0.2, -0.15) is 0 Å². The number of carbonyl (C=O) groups excluding carboxylic acids is 1. The van der Waals surface area contributed by atoms with Gasteiger partial charge in [0.2, 0.25) is 0 Å². The molecule has 1 atom stereocenters. The number of rotatable bonds is 6. The van der Waals surface area contributed by atoms with Crippen LogP contribution in [-0.4, -0.2) is 24.3 Å². The Morgan fingerprint density at radius 3 is 2.39 bits per heavy atom. The van der Waals surface area contributed by atoms with Gasteiger partial charge in [-0.15, -0.1) is 0 Å². The van der Waals surface area contributed by atoms with Crippen molar-refractivity contribution in [1.82, 2.24) is 15.3 Å². The molecule has 0 saturated carbocycles. The molecule has 2 aromatic carbocycles. The van der Waals surface area contributed by atoms with Crippen LogP contribution >= 0.6 is 0 Å². The third-order valence-corrected chi connectivity index (χ3v) is 6.11. The normalized spacial score (nSPS) is 12.6. The van der Waals surface area contributed by atoms with Gasteiger partial charge < -0.3 is 19.7 Å². The van der Waals surface area contributed by atoms with Crippen LogP contribution in [0.4, 0.5) is 5.69 Å². The summed E-state index contributed by atoms with van der Waals surface area (Å²) >= 11 is 0. The van der Waals surface area contributed by atoms with Crippen LogP contribution in [0.25, 0.3) is 11.0 Å². The molecule has 0 spiro atoms. The summed E-state index contributed by atoms with van der Waals surface area (Å²) in [5.41, 5.74) is 1.17. The number of sulfonamides is 1. The molecule has 160 valence electrons. The molecule has 1 amide bonds. The minimum absolute atomic E-state index is 0.000337. The number of hydrogen-bond donors (Lipinski definition) is 4. The highest BCUT2D eigenvalue weighted by Crippen LogP contribution is 2.20. The van der Waals surface area contributed by atoms with Crippen LogP contribution < -0.4 is 15.7 Å². The van der Waals surface area contributed by atoms with E-state index in [-0.39, 0.29) is 16.8 Å². The number of aromatic amines is 2. The van der Waals surface area contributed by atoms with Gasteiger partial charge in [0.15, 0.2) is 0 Å². The molecular formula is C21H20N4O5S. The summed E-state index contributed by atoms with van der Waals surface area (Å²) in [6.07, 6.45) is 0. The van der Waals surface area contributed by atoms with Crippen molar-refractivity contribution in [2.24, 2.45) is 0 Å². The SMILES string of the molecule is Cc1ccc(C(C)NC(=O)c2ccc(NS(=O)(=O)c3ccc4[nH]c(=O)[nH]c4c3)cc2)o1. The zero-order valence-corrected chi connectivity index (χ0v) is 17.5. The molecule has 2 heterocycles. The summed E-state index contributed by atoms with van der Waals surface area (Å²) in [5.74, 6) is 1.10. The highest BCUT2D eigenvalue weighted by atomic mass is 32.2. The Labute approximate surface area is 177 Å². The van der Waals surface area contributed by atoms with Crippen LogP contribution in [-0.2, 0) is 10.0 Å². The first-order valence-electron chi connectivity index (χ1n) is 9.43. The molecule has 0 fully saturated rings. The molecule has 0 radical (unpaired) electrons. The Hall–Kier alpha value is -3.79. The lowest BCUT2D eigenvalue weighted by atomic mass is 10.1. The quantitative estimate of drug-likeness (QED) is 0.365. The first-order valence-corrected chi connectivity index (χ1v) is 10.9. The van der Waals surface area contributed by atoms with Crippen molar-refractivity contribution in [3.05, 3.63) is 82.2 Å². The fraction of sp³-hybridized carbons (Fsp3) is 0.143. The van der Waals surface area contributed by atoms with Gasteiger partial charge in [0.05, 0.1) is 22.0 Å². The third-order valence-electron chi connectivity index (χ3n) is 4.73. The number of benzene rings is 2. The molecule has 0 aliphatic rings. The second kappa shape index (κ2) is 7.80. The number of amides is 1. The summed E-state index contributed by atoms with van der Waals surface area (Å²) in [6, 6.07) is 13.7. The van der Waals surface area contributed by atoms with Crippen LogP contribution in [0.3, 0.4) is 0 Å². The van der Waals surface area contributed by atoms with Gasteiger partial charge in [-0.25, -0.2) is 13.2 Å². The Bertz CT molecular complexity index is 1410. The number of carbonyl (C=O) groups is 1. The van der Waals surface area contributed by atoms with Gasteiger partial charge in [-0.1, -0.05) is 0 Å². The molecule has 0 aliphatic heterocycles. The first-order chi connectivity index (χ1) is 14.7. The monoisotopic (exact) mass is 440 g/mol. The van der Waals surface area contributed by atoms with Crippen LogP contribution in [0, 0.1) is 6.92 Å². The number of aromatic nitrogens is 2. The molecular weight excluding hydrogens is 420 g/mol. The number of aryl methyl sites for hydroxylation is 1. The van der Waals surface area contributed by atoms with Gasteiger partial charge in [0, 0.05) is 11.3 Å². The van der Waals surface area contributed by atoms with E-state index in [1.54, 1.807) is 6.07 Å². The topological polar surface area (TPSA) is 137 Å². The van der Waals surface area contributed by atoms with E-state index in [1.807, 2.05) is 19.9 Å². The standard InChI is InChI=1S/C21H20N4O5S/c1-12-3-10-19(30-12)13(2)22-20(26)14-4-6-15(7-5-14)25-31(28,29)16-8-9-17-18(11-16)24-21(27)23-17/h3-11,13,25H,1-2H3,(H,22,26)(H2,23,24,27). The van der Waals surface area contributed by atoms with E-state index in [9.17, 15) is 18.0 Å². The smallest absolute Gasteiger partial charge is 0.323 e. The van der Waals surface area contributed by atoms with Gasteiger partial charge >= 0.3 is 5.69 Å². The molecule has 10 heteroatoms. The highest BCUT2D eigenvalue weighted by molar-refractivity contribution is 7.92. The summed E-state index contributed by atoms with van der Waals surface area (Å²) < 4.78 is 33.3. The van der Waals surface area contributed by atoms with Gasteiger partial charge in [-0.3, -0.25) is 9.52 Å². The van der Waals surface area contributed by atoms with E-state index < -0.39 is 15.7 Å².